The van der Waals surface area contributed by atoms with Crippen molar-refractivity contribution in [3.8, 4) is 11.1 Å². The first-order chi connectivity index (χ1) is 15.4. The number of carbonyl (C=O) groups excluding carboxylic acids is 1. The summed E-state index contributed by atoms with van der Waals surface area (Å²) in [6, 6.07) is 5.85. The number of nitrogens with zero attached hydrogens (tertiary/aromatic N) is 2. The summed E-state index contributed by atoms with van der Waals surface area (Å²) in [5.41, 5.74) is 1.33. The highest BCUT2D eigenvalue weighted by Crippen LogP contribution is 2.59. The van der Waals surface area contributed by atoms with Crippen LogP contribution in [0.1, 0.15) is 49.4 Å². The maximum atomic E-state index is 12.8. The normalized spacial score (nSPS) is 11.8. The van der Waals surface area contributed by atoms with Crippen molar-refractivity contribution in [3.63, 3.8) is 0 Å². The quantitative estimate of drug-likeness (QED) is 0.224. The van der Waals surface area contributed by atoms with Crippen LogP contribution in [0, 0.1) is 35.8 Å². The average molecular weight is 479 g/mol. The van der Waals surface area contributed by atoms with E-state index in [4.69, 9.17) is 13.8 Å². The Bertz CT molecular complexity index is 1010. The van der Waals surface area contributed by atoms with Gasteiger partial charge >= 0.3 is 13.9 Å². The van der Waals surface area contributed by atoms with E-state index in [0.29, 0.717) is 17.0 Å². The second-order valence-corrected chi connectivity index (χ2v) is 10.6. The zero-order valence-electron chi connectivity index (χ0n) is 20.1. The Labute approximate surface area is 194 Å². The molecule has 0 fully saturated rings. The molecule has 180 valence electrons. The Morgan fingerprint density at radius 2 is 1.70 bits per heavy atom. The summed E-state index contributed by atoms with van der Waals surface area (Å²) in [4.78, 5) is 40.0. The van der Waals surface area contributed by atoms with Crippen LogP contribution in [0.4, 0.5) is 5.69 Å². The number of hydrogen-bond donors (Lipinski definition) is 1. The summed E-state index contributed by atoms with van der Waals surface area (Å²) in [7, 11) is -2.51. The van der Waals surface area contributed by atoms with Gasteiger partial charge in [0.25, 0.3) is 5.69 Å². The fraction of sp³-hybridized carbons (Fsp3) is 0.478. The minimum Gasteiger partial charge on any atom is -0.465 e. The molecule has 0 bridgehead atoms. The topological polar surface area (TPSA) is 121 Å². The molecule has 0 saturated carbocycles. The zero-order chi connectivity index (χ0) is 24.9. The molecular weight excluding hydrogens is 447 g/mol. The second-order valence-electron chi connectivity index (χ2n) is 8.58. The fourth-order valence-electron chi connectivity index (χ4n) is 3.26. The van der Waals surface area contributed by atoms with E-state index in [2.05, 4.69) is 4.98 Å². The summed E-state index contributed by atoms with van der Waals surface area (Å²) >= 11 is 0. The van der Waals surface area contributed by atoms with Crippen LogP contribution in [0.5, 0.6) is 0 Å². The highest BCUT2D eigenvalue weighted by Gasteiger charge is 2.50. The van der Waals surface area contributed by atoms with Crippen LogP contribution in [-0.4, -0.2) is 41.1 Å². The van der Waals surface area contributed by atoms with Gasteiger partial charge < -0.3 is 4.74 Å². The third kappa shape index (κ3) is 6.32. The lowest BCUT2D eigenvalue weighted by Crippen LogP contribution is -2.28. The Hall–Kier alpha value is -2.45. The van der Waals surface area contributed by atoms with Gasteiger partial charge in [-0.25, -0.2) is 4.79 Å². The largest absolute Gasteiger partial charge is 0.465 e. The number of benzene rings is 1. The third-order valence-electron chi connectivity index (χ3n) is 4.71. The molecule has 1 aromatic heterocycles. The van der Waals surface area contributed by atoms with E-state index in [1.165, 1.54) is 25.3 Å². The molecule has 10 heteroatoms. The minimum atomic E-state index is -3.75. The number of pyridine rings is 1. The number of nitro benzene ring substituents is 1. The molecule has 0 aliphatic rings. The van der Waals surface area contributed by atoms with Crippen molar-refractivity contribution in [1.29, 1.82) is 0 Å². The Balaban J connectivity index is 2.93. The number of rotatable bonds is 10. The predicted octanol–water partition coefficient (Wildman–Crippen LogP) is 4.79. The summed E-state index contributed by atoms with van der Waals surface area (Å²) < 4.78 is 16.9. The van der Waals surface area contributed by atoms with Crippen molar-refractivity contribution in [3.05, 3.63) is 51.3 Å². The standard InChI is InChI=1S/C23H32N2O7P/c1-14(2)12-31-33(29,32-13-15(3)4)22-17(6)24-16(5)20(23(26)30-7)21(22)18-9-8-10-19(11-18)25(27)28/h8-11,14-15,29H,12-13H2,1-7H3/q+1. The Kier molecular flexibility index (Phi) is 9.03. The molecule has 1 N–H and O–H groups in total. The first-order valence-electron chi connectivity index (χ1n) is 10.7. The summed E-state index contributed by atoms with van der Waals surface area (Å²) in [5, 5.41) is 11.7. The molecule has 0 radical (unpaired) electrons. The van der Waals surface area contributed by atoms with Crippen molar-refractivity contribution in [2.24, 2.45) is 11.8 Å². The van der Waals surface area contributed by atoms with Gasteiger partial charge in [-0.2, -0.15) is 13.9 Å². The van der Waals surface area contributed by atoms with Crippen LogP contribution in [0.25, 0.3) is 11.1 Å². The lowest BCUT2D eigenvalue weighted by atomic mass is 9.97. The molecule has 2 aromatic rings. The number of nitro groups is 1. The van der Waals surface area contributed by atoms with Gasteiger partial charge in [0, 0.05) is 12.1 Å². The van der Waals surface area contributed by atoms with E-state index in [1.807, 2.05) is 27.7 Å². The molecule has 9 nitrogen and oxygen atoms in total. The van der Waals surface area contributed by atoms with Crippen LogP contribution < -0.4 is 5.30 Å². The van der Waals surface area contributed by atoms with Crippen LogP contribution in [-0.2, 0) is 13.8 Å². The third-order valence-corrected chi connectivity index (χ3v) is 6.82. The molecule has 1 aromatic carbocycles. The van der Waals surface area contributed by atoms with Crippen LogP contribution in [0.2, 0.25) is 0 Å². The maximum absolute atomic E-state index is 12.8. The number of carbonyl (C=O) groups is 1. The van der Waals surface area contributed by atoms with E-state index in [1.54, 1.807) is 19.9 Å². The lowest BCUT2D eigenvalue weighted by molar-refractivity contribution is -0.384. The highest BCUT2D eigenvalue weighted by atomic mass is 31.2. The van der Waals surface area contributed by atoms with Gasteiger partial charge in [0.1, 0.15) is 13.2 Å². The van der Waals surface area contributed by atoms with E-state index >= 15 is 0 Å². The summed E-state index contributed by atoms with van der Waals surface area (Å²) in [5.74, 6) is -0.486. The number of non-ortho nitro benzene ring substituents is 1. The van der Waals surface area contributed by atoms with E-state index < -0.39 is 18.8 Å². The number of aromatic nitrogens is 1. The molecule has 0 amide bonds. The van der Waals surface area contributed by atoms with Crippen LogP contribution >= 0.6 is 7.94 Å². The van der Waals surface area contributed by atoms with Crippen molar-refractivity contribution in [2.45, 2.75) is 41.5 Å². The van der Waals surface area contributed by atoms with Crippen molar-refractivity contribution >= 4 is 24.9 Å². The Morgan fingerprint density at radius 1 is 1.12 bits per heavy atom. The van der Waals surface area contributed by atoms with E-state index in [-0.39, 0.29) is 47.2 Å². The van der Waals surface area contributed by atoms with Gasteiger partial charge in [-0.1, -0.05) is 39.8 Å². The van der Waals surface area contributed by atoms with Crippen molar-refractivity contribution in [2.75, 3.05) is 20.3 Å². The average Bonchev–Trinajstić information content (AvgIpc) is 2.75. The van der Waals surface area contributed by atoms with Gasteiger partial charge in [0.05, 0.1) is 34.5 Å². The SMILES string of the molecule is COC(=O)c1c(C)nc(C)c([P+](O)(OCC(C)C)OCC(C)C)c1-c1cccc([N+](=O)[O-])c1. The van der Waals surface area contributed by atoms with Gasteiger partial charge in [-0.15, -0.1) is 0 Å². The van der Waals surface area contributed by atoms with Crippen molar-refractivity contribution < 1.29 is 28.4 Å². The number of ether oxygens (including phenoxy) is 1. The number of esters is 1. The molecular formula is C23H32N2O7P+. The molecule has 0 aliphatic carbocycles. The molecule has 0 atom stereocenters. The van der Waals surface area contributed by atoms with Gasteiger partial charge in [0.15, 0.2) is 0 Å². The van der Waals surface area contributed by atoms with Crippen LogP contribution in [0.3, 0.4) is 0 Å². The molecule has 0 saturated heterocycles. The van der Waals surface area contributed by atoms with E-state index in [9.17, 15) is 19.8 Å². The highest BCUT2D eigenvalue weighted by molar-refractivity contribution is 7.69. The Morgan fingerprint density at radius 3 is 2.18 bits per heavy atom. The monoisotopic (exact) mass is 479 g/mol. The number of aryl methyl sites for hydroxylation is 2. The maximum Gasteiger partial charge on any atom is 0.448 e. The van der Waals surface area contributed by atoms with E-state index in [0.717, 1.165) is 0 Å². The first-order valence-corrected chi connectivity index (χ1v) is 12.2. The fourth-order valence-corrected chi connectivity index (χ4v) is 5.58. The molecule has 2 rings (SSSR count). The van der Waals surface area contributed by atoms with Crippen LogP contribution in [0.15, 0.2) is 24.3 Å². The summed E-state index contributed by atoms with van der Waals surface area (Å²) in [6.07, 6.45) is 0. The number of hydrogen-bond acceptors (Lipinski definition) is 8. The molecule has 33 heavy (non-hydrogen) atoms. The van der Waals surface area contributed by atoms with Gasteiger partial charge in [-0.05, 0) is 31.2 Å². The summed E-state index contributed by atoms with van der Waals surface area (Å²) in [6.45, 7) is 11.5. The molecule has 1 heterocycles. The molecule has 0 spiro atoms. The first kappa shape index (κ1) is 26.8. The second kappa shape index (κ2) is 11.1. The minimum absolute atomic E-state index is 0.0957. The van der Waals surface area contributed by atoms with Gasteiger partial charge in [-0.3, -0.25) is 15.1 Å². The smallest absolute Gasteiger partial charge is 0.448 e. The molecule has 0 unspecified atom stereocenters. The zero-order valence-corrected chi connectivity index (χ0v) is 21.0. The molecule has 0 aliphatic heterocycles. The predicted molar refractivity (Wildman–Crippen MR) is 127 cm³/mol. The lowest BCUT2D eigenvalue weighted by Gasteiger charge is -2.24. The number of methoxy groups -OCH3 is 1. The van der Waals surface area contributed by atoms with Crippen molar-refractivity contribution in [1.82, 2.24) is 4.98 Å². The van der Waals surface area contributed by atoms with Gasteiger partial charge in [0.2, 0.25) is 5.30 Å².